The highest BCUT2D eigenvalue weighted by molar-refractivity contribution is 6.32. The number of phenolic OH excluding ortho intramolecular Hbond substituents is 1. The van der Waals surface area contributed by atoms with Crippen LogP contribution in [0.3, 0.4) is 0 Å². The first-order valence-electron chi connectivity index (χ1n) is 10.3. The van der Waals surface area contributed by atoms with Gasteiger partial charge in [0.15, 0.2) is 5.75 Å². The molecule has 0 aliphatic heterocycles. The van der Waals surface area contributed by atoms with Gasteiger partial charge in [-0.3, -0.25) is 4.99 Å². The fraction of sp³-hybridized carbons (Fsp3) is 0.0741. The second kappa shape index (κ2) is 10.0. The van der Waals surface area contributed by atoms with Crippen LogP contribution in [0.4, 0.5) is 18.9 Å². The molecular formula is C27H19ClF3NO2. The maximum absolute atomic E-state index is 13.4. The zero-order chi connectivity index (χ0) is 24.1. The number of ether oxygens (including phenoxy) is 1. The van der Waals surface area contributed by atoms with Crippen LogP contribution in [0.2, 0.25) is 5.02 Å². The summed E-state index contributed by atoms with van der Waals surface area (Å²) in [4.78, 5) is 4.19. The van der Waals surface area contributed by atoms with Crippen LogP contribution in [-0.2, 0) is 12.6 Å². The van der Waals surface area contributed by atoms with Crippen LogP contribution in [0.1, 0.15) is 22.3 Å². The minimum absolute atomic E-state index is 0.0382. The van der Waals surface area contributed by atoms with Crippen LogP contribution in [0.15, 0.2) is 96.0 Å². The Morgan fingerprint density at radius 3 is 2.35 bits per heavy atom. The normalized spacial score (nSPS) is 11.6. The predicted octanol–water partition coefficient (Wildman–Crippen LogP) is 8.20. The monoisotopic (exact) mass is 481 g/mol. The molecule has 0 unspecified atom stereocenters. The molecule has 0 saturated carbocycles. The number of nitrogens with zero attached hydrogens (tertiary/aromatic N) is 1. The van der Waals surface area contributed by atoms with E-state index in [0.717, 1.165) is 23.3 Å². The minimum atomic E-state index is -4.55. The minimum Gasteiger partial charge on any atom is -0.506 e. The first kappa shape index (κ1) is 23.4. The molecule has 3 nitrogen and oxygen atoms in total. The zero-order valence-electron chi connectivity index (χ0n) is 17.8. The smallest absolute Gasteiger partial charge is 0.416 e. The molecule has 0 aliphatic carbocycles. The van der Waals surface area contributed by atoms with E-state index in [0.29, 0.717) is 12.2 Å². The van der Waals surface area contributed by atoms with Gasteiger partial charge in [0.25, 0.3) is 0 Å². The summed E-state index contributed by atoms with van der Waals surface area (Å²) in [6.07, 6.45) is -2.71. The average molecular weight is 482 g/mol. The van der Waals surface area contributed by atoms with Gasteiger partial charge >= 0.3 is 6.18 Å². The molecule has 172 valence electrons. The van der Waals surface area contributed by atoms with Gasteiger partial charge in [0.05, 0.1) is 10.6 Å². The third-order valence-electron chi connectivity index (χ3n) is 5.08. The largest absolute Gasteiger partial charge is 0.506 e. The number of aromatic hydroxyl groups is 1. The second-order valence-electron chi connectivity index (χ2n) is 7.49. The Hall–Kier alpha value is -3.77. The van der Waals surface area contributed by atoms with E-state index in [2.05, 4.69) is 4.99 Å². The van der Waals surface area contributed by atoms with Gasteiger partial charge in [0, 0.05) is 18.2 Å². The Morgan fingerprint density at radius 1 is 0.853 bits per heavy atom. The van der Waals surface area contributed by atoms with Crippen molar-refractivity contribution in [2.75, 3.05) is 0 Å². The summed E-state index contributed by atoms with van der Waals surface area (Å²) in [6.45, 7) is 0. The molecule has 0 spiro atoms. The molecule has 0 heterocycles. The van der Waals surface area contributed by atoms with E-state index < -0.39 is 11.7 Å². The van der Waals surface area contributed by atoms with Crippen molar-refractivity contribution in [3.63, 3.8) is 0 Å². The summed E-state index contributed by atoms with van der Waals surface area (Å²) in [7, 11) is 0. The van der Waals surface area contributed by atoms with E-state index in [1.165, 1.54) is 18.3 Å². The fourth-order valence-corrected chi connectivity index (χ4v) is 3.52. The molecule has 0 bridgehead atoms. The lowest BCUT2D eigenvalue weighted by molar-refractivity contribution is -0.137. The molecule has 0 aromatic heterocycles. The average Bonchev–Trinajstić information content (AvgIpc) is 2.82. The van der Waals surface area contributed by atoms with E-state index in [9.17, 15) is 18.3 Å². The highest BCUT2D eigenvalue weighted by Crippen LogP contribution is 2.39. The van der Waals surface area contributed by atoms with Crippen molar-refractivity contribution < 1.29 is 23.0 Å². The van der Waals surface area contributed by atoms with E-state index in [1.54, 1.807) is 24.3 Å². The van der Waals surface area contributed by atoms with Gasteiger partial charge in [-0.2, -0.15) is 13.2 Å². The molecule has 0 radical (unpaired) electrons. The number of aliphatic imine (C=N–C) groups is 1. The van der Waals surface area contributed by atoms with Crippen molar-refractivity contribution in [1.82, 2.24) is 0 Å². The topological polar surface area (TPSA) is 41.8 Å². The van der Waals surface area contributed by atoms with Gasteiger partial charge in [-0.1, -0.05) is 66.2 Å². The molecule has 34 heavy (non-hydrogen) atoms. The predicted molar refractivity (Wildman–Crippen MR) is 128 cm³/mol. The first-order chi connectivity index (χ1) is 16.3. The number of hydrogen-bond donors (Lipinski definition) is 1. The van der Waals surface area contributed by atoms with Crippen LogP contribution in [0.25, 0.3) is 0 Å². The Kier molecular flexibility index (Phi) is 6.89. The number of phenols is 1. The number of hydrogen-bond acceptors (Lipinski definition) is 3. The summed E-state index contributed by atoms with van der Waals surface area (Å²) < 4.78 is 46.1. The van der Waals surface area contributed by atoms with Crippen molar-refractivity contribution in [2.24, 2.45) is 4.99 Å². The van der Waals surface area contributed by atoms with E-state index in [1.807, 2.05) is 42.5 Å². The van der Waals surface area contributed by atoms with Crippen molar-refractivity contribution in [1.29, 1.82) is 0 Å². The number of rotatable bonds is 6. The Morgan fingerprint density at radius 2 is 1.59 bits per heavy atom. The lowest BCUT2D eigenvalue weighted by Crippen LogP contribution is -2.04. The summed E-state index contributed by atoms with van der Waals surface area (Å²) in [5.41, 5.74) is 1.31. The van der Waals surface area contributed by atoms with Gasteiger partial charge in [-0.15, -0.1) is 0 Å². The summed E-state index contributed by atoms with van der Waals surface area (Å²) in [6, 6.07) is 24.9. The Bertz CT molecular complexity index is 1320. The highest BCUT2D eigenvalue weighted by atomic mass is 35.5. The van der Waals surface area contributed by atoms with Crippen molar-refractivity contribution in [3.05, 3.63) is 118 Å². The molecular weight excluding hydrogens is 463 g/mol. The molecule has 0 fully saturated rings. The van der Waals surface area contributed by atoms with Gasteiger partial charge in [0.2, 0.25) is 0 Å². The summed E-state index contributed by atoms with van der Waals surface area (Å²) >= 11 is 5.92. The number of alkyl halides is 3. The van der Waals surface area contributed by atoms with Crippen LogP contribution in [0, 0.1) is 0 Å². The quantitative estimate of drug-likeness (QED) is 0.282. The van der Waals surface area contributed by atoms with E-state index in [4.69, 9.17) is 16.3 Å². The van der Waals surface area contributed by atoms with Crippen LogP contribution in [-0.4, -0.2) is 11.3 Å². The Balaban J connectivity index is 1.71. The number of benzene rings is 4. The van der Waals surface area contributed by atoms with Gasteiger partial charge in [-0.25, -0.2) is 0 Å². The summed E-state index contributed by atoms with van der Waals surface area (Å²) in [5, 5.41) is 10.2. The van der Waals surface area contributed by atoms with Crippen LogP contribution in [0.5, 0.6) is 17.2 Å². The molecule has 0 amide bonds. The van der Waals surface area contributed by atoms with Crippen molar-refractivity contribution >= 4 is 23.5 Å². The highest BCUT2D eigenvalue weighted by Gasteiger charge is 2.31. The molecule has 0 saturated heterocycles. The maximum atomic E-state index is 13.4. The second-order valence-corrected chi connectivity index (χ2v) is 7.90. The zero-order valence-corrected chi connectivity index (χ0v) is 18.5. The number of halogens is 4. The molecule has 4 aromatic rings. The van der Waals surface area contributed by atoms with E-state index >= 15 is 0 Å². The molecule has 4 aromatic carbocycles. The van der Waals surface area contributed by atoms with Crippen LogP contribution < -0.4 is 4.74 Å². The van der Waals surface area contributed by atoms with Gasteiger partial charge < -0.3 is 9.84 Å². The standard InChI is InChI=1S/C27H19ClF3NO2/c28-22-11-6-10-20(26(22)33)17-32-23-16-21(27(29,30)31)13-14-25(23)34-24-12-5-4-9-19(24)15-18-7-2-1-3-8-18/h1-14,16-17,33H,15H2. The molecule has 1 N–H and O–H groups in total. The number of para-hydroxylation sites is 2. The first-order valence-corrected chi connectivity index (χ1v) is 10.7. The lowest BCUT2D eigenvalue weighted by atomic mass is 10.0. The van der Waals surface area contributed by atoms with E-state index in [-0.39, 0.29) is 27.8 Å². The fourth-order valence-electron chi connectivity index (χ4n) is 3.34. The maximum Gasteiger partial charge on any atom is 0.416 e. The Labute approximate surface area is 199 Å². The van der Waals surface area contributed by atoms with Gasteiger partial charge in [0.1, 0.15) is 17.2 Å². The van der Waals surface area contributed by atoms with Gasteiger partial charge in [-0.05, 0) is 47.5 Å². The van der Waals surface area contributed by atoms with Crippen LogP contribution >= 0.6 is 11.6 Å². The lowest BCUT2D eigenvalue weighted by Gasteiger charge is -2.15. The van der Waals surface area contributed by atoms with Crippen molar-refractivity contribution in [2.45, 2.75) is 12.6 Å². The molecule has 7 heteroatoms. The summed E-state index contributed by atoms with van der Waals surface area (Å²) in [5.74, 6) is 0.440. The molecule has 4 rings (SSSR count). The SMILES string of the molecule is Oc1c(Cl)cccc1C=Nc1cc(C(F)(F)F)ccc1Oc1ccccc1Cc1ccccc1. The third kappa shape index (κ3) is 5.58. The van der Waals surface area contributed by atoms with Crippen molar-refractivity contribution in [3.8, 4) is 17.2 Å². The third-order valence-corrected chi connectivity index (χ3v) is 5.38. The molecule has 0 aliphatic rings. The molecule has 0 atom stereocenters.